The Kier molecular flexibility index (Phi) is 4.32. The number of carbonyl (C=O) groups is 1. The van der Waals surface area contributed by atoms with Crippen molar-refractivity contribution in [2.45, 2.75) is 65.2 Å². The average Bonchev–Trinajstić information content (AvgIpc) is 3.13. The molecular weight excluding hydrogens is 304 g/mol. The fourth-order valence-electron chi connectivity index (χ4n) is 4.18. The van der Waals surface area contributed by atoms with Crippen LogP contribution in [0.1, 0.15) is 65.0 Å². The first-order valence-electron chi connectivity index (χ1n) is 8.88. The van der Waals surface area contributed by atoms with E-state index in [-0.39, 0.29) is 6.84 Å². The molecule has 0 aliphatic heterocycles. The first kappa shape index (κ1) is 16.9. The zero-order chi connectivity index (χ0) is 17.5. The molecule has 0 aromatic carbocycles. The van der Waals surface area contributed by atoms with Gasteiger partial charge in [0.05, 0.1) is 5.69 Å². The van der Waals surface area contributed by atoms with Crippen molar-refractivity contribution in [1.29, 1.82) is 0 Å². The van der Waals surface area contributed by atoms with Gasteiger partial charge in [-0.2, -0.15) is 10.1 Å². The fourth-order valence-corrected chi connectivity index (χ4v) is 4.18. The van der Waals surface area contributed by atoms with Crippen molar-refractivity contribution in [2.24, 2.45) is 13.0 Å². The lowest BCUT2D eigenvalue weighted by Gasteiger charge is -2.43. The molecule has 2 aliphatic rings. The van der Waals surface area contributed by atoms with E-state index in [9.17, 15) is 4.79 Å². The SMILES string of the molecule is CC.Cc1noc(-c2c3c(nn2C)C2(C)CCC(=O)CC2CC3)n1.[HH]. The third-order valence-corrected chi connectivity index (χ3v) is 5.46. The molecule has 0 radical (unpaired) electrons. The quantitative estimate of drug-likeness (QED) is 0.797. The fraction of sp³-hybridized carbons (Fsp3) is 0.667. The topological polar surface area (TPSA) is 73.8 Å². The van der Waals surface area contributed by atoms with Gasteiger partial charge in [0.2, 0.25) is 0 Å². The summed E-state index contributed by atoms with van der Waals surface area (Å²) in [5.74, 6) is 1.99. The molecule has 1 saturated carbocycles. The molecule has 0 bridgehead atoms. The Balaban J connectivity index is 0.000000726. The molecule has 2 aliphatic carbocycles. The Morgan fingerprint density at radius 1 is 1.33 bits per heavy atom. The predicted molar refractivity (Wildman–Crippen MR) is 92.7 cm³/mol. The number of hydrogen-bond donors (Lipinski definition) is 0. The molecule has 2 atom stereocenters. The zero-order valence-corrected chi connectivity index (χ0v) is 15.2. The monoisotopic (exact) mass is 332 g/mol. The van der Waals surface area contributed by atoms with Crippen molar-refractivity contribution in [3.05, 3.63) is 17.1 Å². The standard InChI is InChI=1S/C16H20N4O2.C2H6.H2/c1-9-17-15(22-19-9)13-12-5-4-10-8-11(21)6-7-16(10,2)14(12)18-20(13)3;1-2;/h10H,4-8H2,1-3H3;1-2H3;1H. The summed E-state index contributed by atoms with van der Waals surface area (Å²) in [7, 11) is 1.93. The molecule has 0 saturated heterocycles. The Morgan fingerprint density at radius 3 is 2.75 bits per heavy atom. The number of nitrogens with zero attached hydrogens (tertiary/aromatic N) is 4. The largest absolute Gasteiger partial charge is 0.332 e. The molecule has 2 heterocycles. The number of aryl methyl sites for hydroxylation is 2. The number of ketones is 1. The summed E-state index contributed by atoms with van der Waals surface area (Å²) >= 11 is 0. The van der Waals surface area contributed by atoms with Crippen LogP contribution >= 0.6 is 0 Å². The van der Waals surface area contributed by atoms with E-state index < -0.39 is 0 Å². The first-order valence-corrected chi connectivity index (χ1v) is 8.88. The van der Waals surface area contributed by atoms with E-state index in [1.807, 2.05) is 32.5 Å². The molecule has 1 fully saturated rings. The Labute approximate surface area is 144 Å². The Morgan fingerprint density at radius 2 is 2.08 bits per heavy atom. The van der Waals surface area contributed by atoms with Crippen LogP contribution in [-0.2, 0) is 23.7 Å². The van der Waals surface area contributed by atoms with Gasteiger partial charge in [-0.3, -0.25) is 9.48 Å². The minimum Gasteiger partial charge on any atom is -0.332 e. The van der Waals surface area contributed by atoms with E-state index in [0.29, 0.717) is 36.3 Å². The van der Waals surface area contributed by atoms with Crippen molar-refractivity contribution in [3.8, 4) is 11.6 Å². The number of rotatable bonds is 1. The molecule has 0 spiro atoms. The van der Waals surface area contributed by atoms with Gasteiger partial charge in [0.25, 0.3) is 5.89 Å². The van der Waals surface area contributed by atoms with E-state index in [1.54, 1.807) is 0 Å². The molecule has 0 amide bonds. The van der Waals surface area contributed by atoms with Crippen molar-refractivity contribution in [2.75, 3.05) is 0 Å². The van der Waals surface area contributed by atoms with Gasteiger partial charge in [0.1, 0.15) is 11.5 Å². The minimum atomic E-state index is -0.00737. The summed E-state index contributed by atoms with van der Waals surface area (Å²) in [5.41, 5.74) is 3.28. The maximum atomic E-state index is 11.8. The summed E-state index contributed by atoms with van der Waals surface area (Å²) in [4.78, 5) is 16.2. The van der Waals surface area contributed by atoms with Gasteiger partial charge >= 0.3 is 0 Å². The van der Waals surface area contributed by atoms with Gasteiger partial charge in [-0.25, -0.2) is 0 Å². The number of aromatic nitrogens is 4. The number of hydrogen-bond acceptors (Lipinski definition) is 5. The minimum absolute atomic E-state index is 0. The van der Waals surface area contributed by atoms with Crippen LogP contribution in [0.15, 0.2) is 4.52 Å². The molecule has 6 heteroatoms. The van der Waals surface area contributed by atoms with Crippen LogP contribution in [0.3, 0.4) is 0 Å². The lowest BCUT2D eigenvalue weighted by molar-refractivity contribution is -0.123. The summed E-state index contributed by atoms with van der Waals surface area (Å²) in [5, 5.41) is 8.70. The summed E-state index contributed by atoms with van der Waals surface area (Å²) < 4.78 is 7.23. The normalized spacial score (nSPS) is 25.5. The summed E-state index contributed by atoms with van der Waals surface area (Å²) in [6.45, 7) is 8.08. The highest BCUT2D eigenvalue weighted by atomic mass is 16.5. The Bertz CT molecular complexity index is 767. The highest BCUT2D eigenvalue weighted by Crippen LogP contribution is 2.50. The molecule has 0 N–H and O–H groups in total. The third kappa shape index (κ3) is 2.48. The second-order valence-corrected chi connectivity index (χ2v) is 6.84. The highest BCUT2D eigenvalue weighted by Gasteiger charge is 2.47. The molecule has 2 aromatic heterocycles. The molecule has 132 valence electrons. The lowest BCUT2D eigenvalue weighted by atomic mass is 9.60. The van der Waals surface area contributed by atoms with Gasteiger partial charge in [-0.15, -0.1) is 0 Å². The zero-order valence-electron chi connectivity index (χ0n) is 15.2. The van der Waals surface area contributed by atoms with Crippen LogP contribution in [-0.4, -0.2) is 25.7 Å². The van der Waals surface area contributed by atoms with Crippen LogP contribution in [0.2, 0.25) is 0 Å². The van der Waals surface area contributed by atoms with E-state index in [1.165, 1.54) is 5.56 Å². The van der Waals surface area contributed by atoms with E-state index in [0.717, 1.165) is 30.7 Å². The van der Waals surface area contributed by atoms with E-state index >= 15 is 0 Å². The summed E-state index contributed by atoms with van der Waals surface area (Å²) in [6, 6.07) is 0. The van der Waals surface area contributed by atoms with Crippen molar-refractivity contribution in [3.63, 3.8) is 0 Å². The van der Waals surface area contributed by atoms with Crippen LogP contribution in [0.5, 0.6) is 0 Å². The molecule has 4 rings (SSSR count). The van der Waals surface area contributed by atoms with Crippen LogP contribution < -0.4 is 0 Å². The lowest BCUT2D eigenvalue weighted by Crippen LogP contribution is -2.42. The molecule has 24 heavy (non-hydrogen) atoms. The first-order chi connectivity index (χ1) is 11.5. The van der Waals surface area contributed by atoms with Gasteiger partial charge in [0.15, 0.2) is 5.82 Å². The molecule has 6 nitrogen and oxygen atoms in total. The molecular formula is C18H28N4O2. The van der Waals surface area contributed by atoms with E-state index in [2.05, 4.69) is 17.1 Å². The van der Waals surface area contributed by atoms with Crippen LogP contribution in [0.4, 0.5) is 0 Å². The second-order valence-electron chi connectivity index (χ2n) is 6.84. The number of fused-ring (bicyclic) bond motifs is 3. The number of Topliss-reactive ketones (excluding diaryl/α,β-unsaturated/α-hetero) is 1. The summed E-state index contributed by atoms with van der Waals surface area (Å²) in [6.07, 6.45) is 4.21. The molecule has 2 unspecified atom stereocenters. The van der Waals surface area contributed by atoms with Gasteiger partial charge in [-0.05, 0) is 32.1 Å². The van der Waals surface area contributed by atoms with Crippen LogP contribution in [0.25, 0.3) is 11.6 Å². The maximum absolute atomic E-state index is 11.8. The van der Waals surface area contributed by atoms with Crippen molar-refractivity contribution in [1.82, 2.24) is 19.9 Å². The predicted octanol–water partition coefficient (Wildman–Crippen LogP) is 3.62. The third-order valence-electron chi connectivity index (χ3n) is 5.46. The van der Waals surface area contributed by atoms with Crippen LogP contribution in [0, 0.1) is 12.8 Å². The van der Waals surface area contributed by atoms with E-state index in [4.69, 9.17) is 9.62 Å². The number of carbonyl (C=O) groups excluding carboxylic acids is 1. The maximum Gasteiger partial charge on any atom is 0.276 e. The smallest absolute Gasteiger partial charge is 0.276 e. The van der Waals surface area contributed by atoms with Gasteiger partial charge in [0, 0.05) is 32.3 Å². The average molecular weight is 332 g/mol. The second kappa shape index (κ2) is 6.15. The molecule has 2 aromatic rings. The van der Waals surface area contributed by atoms with Crippen molar-refractivity contribution >= 4 is 5.78 Å². The van der Waals surface area contributed by atoms with Gasteiger partial charge in [-0.1, -0.05) is 25.9 Å². The highest BCUT2D eigenvalue weighted by molar-refractivity contribution is 5.80. The van der Waals surface area contributed by atoms with Crippen molar-refractivity contribution < 1.29 is 10.7 Å². The van der Waals surface area contributed by atoms with Gasteiger partial charge < -0.3 is 4.52 Å². The Hall–Kier alpha value is -1.98.